The van der Waals surface area contributed by atoms with E-state index < -0.39 is 0 Å². The van der Waals surface area contributed by atoms with Gasteiger partial charge in [0.15, 0.2) is 0 Å². The van der Waals surface area contributed by atoms with E-state index in [1.165, 1.54) is 11.3 Å². The summed E-state index contributed by atoms with van der Waals surface area (Å²) in [6.07, 6.45) is 0.844. The van der Waals surface area contributed by atoms with Crippen LogP contribution >= 0.6 is 35.2 Å². The van der Waals surface area contributed by atoms with Crippen molar-refractivity contribution in [3.63, 3.8) is 0 Å². The smallest absolute Gasteiger partial charge is 0.130 e. The van der Waals surface area contributed by atoms with Crippen LogP contribution in [0.5, 0.6) is 0 Å². The van der Waals surface area contributed by atoms with E-state index in [1.54, 1.807) is 0 Å². The lowest BCUT2D eigenvalue weighted by Crippen LogP contribution is -1.94. The molecule has 2 rings (SSSR count). The van der Waals surface area contributed by atoms with Crippen LogP contribution in [0, 0.1) is 4.64 Å². The quantitative estimate of drug-likeness (QED) is 0.820. The van der Waals surface area contributed by atoms with Crippen LogP contribution in [-0.2, 0) is 6.42 Å². The minimum atomic E-state index is 0.616. The van der Waals surface area contributed by atoms with Crippen LogP contribution < -0.4 is 0 Å². The summed E-state index contributed by atoms with van der Waals surface area (Å²) in [5, 5.41) is 0. The molecule has 78 valence electrons. The summed E-state index contributed by atoms with van der Waals surface area (Å²) in [7, 11) is 0. The van der Waals surface area contributed by atoms with Gasteiger partial charge in [0.25, 0.3) is 0 Å². The highest BCUT2D eigenvalue weighted by Crippen LogP contribution is 2.29. The highest BCUT2D eigenvalue weighted by Gasteiger charge is 2.03. The van der Waals surface area contributed by atoms with Crippen LogP contribution in [-0.4, -0.2) is 9.97 Å². The summed E-state index contributed by atoms with van der Waals surface area (Å²) in [6, 6.07) is 5.72. The molecule has 0 aliphatic heterocycles. The third-order valence-corrected chi connectivity index (χ3v) is 3.44. The Labute approximate surface area is 102 Å². The fourth-order valence-electron chi connectivity index (χ4n) is 1.27. The van der Waals surface area contributed by atoms with Gasteiger partial charge in [0.2, 0.25) is 0 Å². The first-order chi connectivity index (χ1) is 7.19. The van der Waals surface area contributed by atoms with Gasteiger partial charge in [0, 0.05) is 6.42 Å². The lowest BCUT2D eigenvalue weighted by atomic mass is 10.3. The van der Waals surface area contributed by atoms with Crippen molar-refractivity contribution in [2.45, 2.75) is 13.3 Å². The number of thiophene rings is 1. The van der Waals surface area contributed by atoms with E-state index in [4.69, 9.17) is 23.8 Å². The number of aryl methyl sites for hydroxylation is 1. The number of aromatic nitrogens is 2. The van der Waals surface area contributed by atoms with E-state index in [0.29, 0.717) is 4.64 Å². The molecule has 0 aromatic carbocycles. The Balaban J connectivity index is 2.53. The maximum Gasteiger partial charge on any atom is 0.130 e. The van der Waals surface area contributed by atoms with Gasteiger partial charge in [0.1, 0.15) is 10.5 Å². The highest BCUT2D eigenvalue weighted by molar-refractivity contribution is 7.71. The van der Waals surface area contributed by atoms with Crippen LogP contribution in [0.25, 0.3) is 10.6 Å². The van der Waals surface area contributed by atoms with Gasteiger partial charge < -0.3 is 4.98 Å². The maximum atomic E-state index is 5.89. The molecule has 0 aliphatic carbocycles. The number of aromatic amines is 1. The molecule has 0 saturated carbocycles. The summed E-state index contributed by atoms with van der Waals surface area (Å²) >= 11 is 12.5. The molecule has 2 aromatic rings. The number of H-pyrrole nitrogens is 1. The van der Waals surface area contributed by atoms with Gasteiger partial charge in [-0.1, -0.05) is 30.7 Å². The van der Waals surface area contributed by atoms with E-state index in [0.717, 1.165) is 27.2 Å². The molecule has 15 heavy (non-hydrogen) atoms. The van der Waals surface area contributed by atoms with Crippen molar-refractivity contribution in [1.82, 2.24) is 9.97 Å². The predicted octanol–water partition coefficient (Wildman–Crippen LogP) is 4.08. The summed E-state index contributed by atoms with van der Waals surface area (Å²) in [5.74, 6) is 0.905. The lowest BCUT2D eigenvalue weighted by molar-refractivity contribution is 0.937. The Kier molecular flexibility index (Phi) is 3.19. The Bertz CT molecular complexity index is 530. The average Bonchev–Trinajstić information content (AvgIpc) is 2.64. The molecule has 0 fully saturated rings. The Morgan fingerprint density at radius 3 is 2.93 bits per heavy atom. The minimum Gasteiger partial charge on any atom is -0.342 e. The molecule has 0 saturated heterocycles. The van der Waals surface area contributed by atoms with Gasteiger partial charge in [-0.2, -0.15) is 0 Å². The van der Waals surface area contributed by atoms with Crippen molar-refractivity contribution in [3.05, 3.63) is 33.0 Å². The Hall–Kier alpha value is -0.710. The van der Waals surface area contributed by atoms with Gasteiger partial charge >= 0.3 is 0 Å². The summed E-state index contributed by atoms with van der Waals surface area (Å²) in [6.45, 7) is 2.04. The number of hydrogen-bond donors (Lipinski definition) is 1. The molecule has 2 aromatic heterocycles. The van der Waals surface area contributed by atoms with Crippen molar-refractivity contribution in [1.29, 1.82) is 0 Å². The number of nitrogens with one attached hydrogen (secondary N) is 1. The number of nitrogens with zero attached hydrogens (tertiary/aromatic N) is 1. The Morgan fingerprint density at radius 2 is 2.33 bits per heavy atom. The molecule has 0 unspecified atom stereocenters. The van der Waals surface area contributed by atoms with E-state index in [9.17, 15) is 0 Å². The molecule has 2 heterocycles. The summed E-state index contributed by atoms with van der Waals surface area (Å²) < 4.78 is 1.39. The van der Waals surface area contributed by atoms with Crippen molar-refractivity contribution in [2.75, 3.05) is 0 Å². The maximum absolute atomic E-state index is 5.89. The normalized spacial score (nSPS) is 10.5. The second-order valence-electron chi connectivity index (χ2n) is 3.04. The zero-order valence-electron chi connectivity index (χ0n) is 8.08. The van der Waals surface area contributed by atoms with E-state index in [-0.39, 0.29) is 0 Å². The molecule has 1 N–H and O–H groups in total. The van der Waals surface area contributed by atoms with Crippen molar-refractivity contribution < 1.29 is 0 Å². The van der Waals surface area contributed by atoms with Gasteiger partial charge in [-0.3, -0.25) is 0 Å². The molecule has 0 aliphatic rings. The van der Waals surface area contributed by atoms with E-state index in [1.807, 2.05) is 25.1 Å². The zero-order chi connectivity index (χ0) is 10.8. The van der Waals surface area contributed by atoms with Crippen LogP contribution in [0.3, 0.4) is 0 Å². The van der Waals surface area contributed by atoms with Crippen LogP contribution in [0.1, 0.15) is 12.7 Å². The fraction of sp³-hybridized carbons (Fsp3) is 0.200. The molecular weight excluding hydrogens is 248 g/mol. The second kappa shape index (κ2) is 4.43. The monoisotopic (exact) mass is 256 g/mol. The SMILES string of the molecule is CCc1nc(=S)cc(-c2ccc(Cl)s2)[nH]1. The van der Waals surface area contributed by atoms with Crippen LogP contribution in [0.4, 0.5) is 0 Å². The first kappa shape index (κ1) is 10.8. The molecule has 0 bridgehead atoms. The molecule has 0 amide bonds. The summed E-state index contributed by atoms with van der Waals surface area (Å²) in [5.41, 5.74) is 0.990. The number of rotatable bonds is 2. The number of halogens is 1. The fourth-order valence-corrected chi connectivity index (χ4v) is 2.51. The van der Waals surface area contributed by atoms with E-state index in [2.05, 4.69) is 9.97 Å². The lowest BCUT2D eigenvalue weighted by Gasteiger charge is -2.01. The molecule has 0 radical (unpaired) electrons. The highest BCUT2D eigenvalue weighted by atomic mass is 35.5. The van der Waals surface area contributed by atoms with Gasteiger partial charge in [-0.15, -0.1) is 11.3 Å². The molecule has 2 nitrogen and oxygen atoms in total. The summed E-state index contributed by atoms with van der Waals surface area (Å²) in [4.78, 5) is 8.54. The van der Waals surface area contributed by atoms with E-state index >= 15 is 0 Å². The molecule has 5 heteroatoms. The van der Waals surface area contributed by atoms with Gasteiger partial charge in [-0.25, -0.2) is 4.98 Å². The molecule has 0 spiro atoms. The second-order valence-corrected chi connectivity index (χ2v) is 5.17. The van der Waals surface area contributed by atoms with Gasteiger partial charge in [0.05, 0.1) is 14.9 Å². The van der Waals surface area contributed by atoms with Crippen molar-refractivity contribution >= 4 is 35.2 Å². The van der Waals surface area contributed by atoms with Crippen LogP contribution in [0.2, 0.25) is 4.34 Å². The Morgan fingerprint density at radius 1 is 1.53 bits per heavy atom. The van der Waals surface area contributed by atoms with Gasteiger partial charge in [-0.05, 0) is 18.2 Å². The standard InChI is InChI=1S/C10H9ClN2S2/c1-2-9-12-6(5-10(14)13-9)7-3-4-8(11)15-7/h3-5H,2H2,1H3,(H,12,13,14). The van der Waals surface area contributed by atoms with Crippen LogP contribution in [0.15, 0.2) is 18.2 Å². The zero-order valence-corrected chi connectivity index (χ0v) is 10.5. The largest absolute Gasteiger partial charge is 0.342 e. The van der Waals surface area contributed by atoms with Crippen molar-refractivity contribution in [3.8, 4) is 10.6 Å². The first-order valence-corrected chi connectivity index (χ1v) is 6.15. The number of hydrogen-bond acceptors (Lipinski definition) is 3. The molecule has 0 atom stereocenters. The van der Waals surface area contributed by atoms with Crippen molar-refractivity contribution in [2.24, 2.45) is 0 Å². The first-order valence-electron chi connectivity index (χ1n) is 4.55. The third-order valence-electron chi connectivity index (χ3n) is 1.97. The minimum absolute atomic E-state index is 0.616. The third kappa shape index (κ3) is 2.45. The predicted molar refractivity (Wildman–Crippen MR) is 67.1 cm³/mol. The topological polar surface area (TPSA) is 28.7 Å². The molecular formula is C10H9ClN2S2. The average molecular weight is 257 g/mol.